The van der Waals surface area contributed by atoms with Gasteiger partial charge in [0.2, 0.25) is 5.91 Å². The maximum atomic E-state index is 12.8. The van der Waals surface area contributed by atoms with E-state index in [1.54, 1.807) is 64.2 Å². The quantitative estimate of drug-likeness (QED) is 0.509. The molecule has 0 saturated heterocycles. The van der Waals surface area contributed by atoms with Gasteiger partial charge in [-0.15, -0.1) is 0 Å². The van der Waals surface area contributed by atoms with E-state index in [0.717, 1.165) is 5.56 Å². The minimum atomic E-state index is -0.642. The van der Waals surface area contributed by atoms with Crippen LogP contribution in [0, 0.1) is 5.92 Å². The Hall–Kier alpha value is -3.68. The summed E-state index contributed by atoms with van der Waals surface area (Å²) in [5, 5.41) is 5.81. The minimum absolute atomic E-state index is 0.190. The Morgan fingerprint density at radius 1 is 1.18 bits per heavy atom. The average molecular weight is 452 g/mol. The Bertz CT molecular complexity index is 1090. The van der Waals surface area contributed by atoms with Crippen molar-refractivity contribution in [2.24, 2.45) is 5.92 Å². The summed E-state index contributed by atoms with van der Waals surface area (Å²) < 4.78 is 10.3. The molecule has 0 fully saturated rings. The van der Waals surface area contributed by atoms with Gasteiger partial charge in [0, 0.05) is 17.4 Å². The fourth-order valence-electron chi connectivity index (χ4n) is 3.40. The molecular weight excluding hydrogens is 422 g/mol. The van der Waals surface area contributed by atoms with Gasteiger partial charge in [0.1, 0.15) is 5.60 Å². The Labute approximate surface area is 193 Å². The third-order valence-corrected chi connectivity index (χ3v) is 5.05. The number of anilines is 1. The van der Waals surface area contributed by atoms with Gasteiger partial charge in [-0.1, -0.05) is 19.1 Å². The van der Waals surface area contributed by atoms with Crippen LogP contribution in [0.3, 0.4) is 0 Å². The van der Waals surface area contributed by atoms with Crippen molar-refractivity contribution < 1.29 is 23.9 Å². The van der Waals surface area contributed by atoms with Crippen LogP contribution in [0.1, 0.15) is 56.2 Å². The Morgan fingerprint density at radius 3 is 2.64 bits per heavy atom. The summed E-state index contributed by atoms with van der Waals surface area (Å²) in [6.45, 7) is 7.17. The summed E-state index contributed by atoms with van der Waals surface area (Å²) in [4.78, 5) is 41.8. The molecule has 1 aromatic carbocycles. The van der Waals surface area contributed by atoms with E-state index >= 15 is 0 Å². The molecule has 2 N–H and O–H groups in total. The number of carbonyl (C=O) groups excluding carboxylic acids is 3. The van der Waals surface area contributed by atoms with Crippen LogP contribution in [0.4, 0.5) is 10.5 Å². The molecular formula is C25H29N3O5. The smallest absolute Gasteiger partial charge is 0.408 e. The fraction of sp³-hybridized carbons (Fsp3) is 0.360. The van der Waals surface area contributed by atoms with Gasteiger partial charge < -0.3 is 20.1 Å². The van der Waals surface area contributed by atoms with Gasteiger partial charge in [-0.3, -0.25) is 9.78 Å². The third-order valence-electron chi connectivity index (χ3n) is 5.05. The van der Waals surface area contributed by atoms with E-state index in [9.17, 15) is 14.4 Å². The number of fused-ring (bicyclic) bond motifs is 4. The number of benzene rings is 1. The number of esters is 1. The van der Waals surface area contributed by atoms with Gasteiger partial charge in [0.05, 0.1) is 30.3 Å². The van der Waals surface area contributed by atoms with E-state index in [1.165, 1.54) is 7.11 Å². The number of rotatable bonds is 2. The van der Waals surface area contributed by atoms with E-state index in [1.807, 2.05) is 12.1 Å². The molecule has 2 heterocycles. The number of aromatic nitrogens is 1. The van der Waals surface area contributed by atoms with Gasteiger partial charge in [0.15, 0.2) is 0 Å². The zero-order chi connectivity index (χ0) is 24.2. The molecule has 1 aliphatic heterocycles. The monoisotopic (exact) mass is 451 g/mol. The van der Waals surface area contributed by atoms with Gasteiger partial charge in [-0.25, -0.2) is 9.59 Å². The number of hydrogen-bond acceptors (Lipinski definition) is 6. The second-order valence-corrected chi connectivity index (χ2v) is 8.86. The molecule has 3 rings (SSSR count). The van der Waals surface area contributed by atoms with Crippen LogP contribution in [0.2, 0.25) is 0 Å². The highest BCUT2D eigenvalue weighted by molar-refractivity contribution is 5.99. The molecule has 2 amide bonds. The van der Waals surface area contributed by atoms with Crippen molar-refractivity contribution in [3.05, 3.63) is 59.9 Å². The van der Waals surface area contributed by atoms with E-state index in [-0.39, 0.29) is 5.91 Å². The number of nitrogens with zero attached hydrogens (tertiary/aromatic N) is 1. The number of carbonyl (C=O) groups is 3. The summed E-state index contributed by atoms with van der Waals surface area (Å²) in [6.07, 6.45) is 5.13. The molecule has 1 aliphatic rings. The maximum absolute atomic E-state index is 12.8. The normalized spacial score (nSPS) is 19.1. The van der Waals surface area contributed by atoms with Crippen LogP contribution in [0.25, 0.3) is 11.1 Å². The molecule has 8 nitrogen and oxygen atoms in total. The molecule has 0 spiro atoms. The first-order valence-electron chi connectivity index (χ1n) is 10.7. The fourth-order valence-corrected chi connectivity index (χ4v) is 3.40. The summed E-state index contributed by atoms with van der Waals surface area (Å²) in [6, 6.07) is 8.09. The Morgan fingerprint density at radius 2 is 1.94 bits per heavy atom. The minimum Gasteiger partial charge on any atom is -0.465 e. The zero-order valence-electron chi connectivity index (χ0n) is 19.5. The second kappa shape index (κ2) is 9.85. The highest BCUT2D eigenvalue weighted by atomic mass is 16.6. The molecule has 2 bridgehead atoms. The SMILES string of the molecule is COC(=O)c1ccc2c(c1)-c1ccnc(c1)[C@@H](NC(=O)OC(C)(C)C)C/C=C\[C@@H](C)C(=O)N2. The second-order valence-electron chi connectivity index (χ2n) is 8.86. The molecule has 2 aromatic rings. The number of ether oxygens (including phenoxy) is 2. The summed E-state index contributed by atoms with van der Waals surface area (Å²) in [5.41, 5.74) is 2.26. The van der Waals surface area contributed by atoms with Crippen LogP contribution in [0.15, 0.2) is 48.7 Å². The van der Waals surface area contributed by atoms with Crippen molar-refractivity contribution >= 4 is 23.7 Å². The van der Waals surface area contributed by atoms with Crippen LogP contribution in [-0.4, -0.2) is 35.7 Å². The molecule has 0 saturated carbocycles. The Kier molecular flexibility index (Phi) is 7.16. The van der Waals surface area contributed by atoms with Crippen molar-refractivity contribution in [1.82, 2.24) is 10.3 Å². The molecule has 174 valence electrons. The van der Waals surface area contributed by atoms with Gasteiger partial charge >= 0.3 is 12.1 Å². The zero-order valence-corrected chi connectivity index (χ0v) is 19.5. The lowest BCUT2D eigenvalue weighted by molar-refractivity contribution is -0.118. The largest absolute Gasteiger partial charge is 0.465 e. The van der Waals surface area contributed by atoms with Crippen LogP contribution < -0.4 is 10.6 Å². The molecule has 2 atom stereocenters. The highest BCUT2D eigenvalue weighted by Gasteiger charge is 2.23. The summed E-state index contributed by atoms with van der Waals surface area (Å²) >= 11 is 0. The molecule has 33 heavy (non-hydrogen) atoms. The van der Waals surface area contributed by atoms with Crippen molar-refractivity contribution in [3.63, 3.8) is 0 Å². The van der Waals surface area contributed by atoms with Crippen LogP contribution in [-0.2, 0) is 14.3 Å². The van der Waals surface area contributed by atoms with Crippen molar-refractivity contribution in [2.45, 2.75) is 45.8 Å². The average Bonchev–Trinajstić information content (AvgIpc) is 2.76. The van der Waals surface area contributed by atoms with Crippen molar-refractivity contribution in [3.8, 4) is 11.1 Å². The van der Waals surface area contributed by atoms with E-state index in [2.05, 4.69) is 15.6 Å². The number of hydrogen-bond donors (Lipinski definition) is 2. The molecule has 0 radical (unpaired) electrons. The number of methoxy groups -OCH3 is 1. The number of alkyl carbamates (subject to hydrolysis) is 1. The first-order valence-corrected chi connectivity index (χ1v) is 10.7. The number of amides is 2. The van der Waals surface area contributed by atoms with Crippen molar-refractivity contribution in [1.29, 1.82) is 0 Å². The van der Waals surface area contributed by atoms with Crippen LogP contribution >= 0.6 is 0 Å². The predicted molar refractivity (Wildman–Crippen MR) is 125 cm³/mol. The third kappa shape index (κ3) is 6.19. The lowest BCUT2D eigenvalue weighted by atomic mass is 9.97. The van der Waals surface area contributed by atoms with E-state index in [4.69, 9.17) is 9.47 Å². The van der Waals surface area contributed by atoms with E-state index < -0.39 is 29.6 Å². The standard InChI is InChI=1S/C25H29N3O5/c1-15-7-6-8-20(28-24(31)33-25(2,3)4)21-14-16(11-12-26-21)18-13-17(23(30)32-5)9-10-19(18)27-22(15)29/h6-7,9-15,20H,8H2,1-5H3,(H,27,29)(H,28,31)/b7-6-/t15-,20+/m1/s1. The van der Waals surface area contributed by atoms with Gasteiger partial charge in [-0.05, 0) is 63.1 Å². The Balaban J connectivity index is 2.09. The topological polar surface area (TPSA) is 107 Å². The molecule has 0 aliphatic carbocycles. The summed E-state index contributed by atoms with van der Waals surface area (Å²) in [7, 11) is 1.31. The highest BCUT2D eigenvalue weighted by Crippen LogP contribution is 2.32. The van der Waals surface area contributed by atoms with Crippen molar-refractivity contribution in [2.75, 3.05) is 12.4 Å². The predicted octanol–water partition coefficient (Wildman–Crippen LogP) is 4.64. The van der Waals surface area contributed by atoms with Crippen LogP contribution in [0.5, 0.6) is 0 Å². The molecule has 0 unspecified atom stereocenters. The number of nitrogens with one attached hydrogen (secondary N) is 2. The number of pyridine rings is 1. The molecule has 8 heteroatoms. The lowest BCUT2D eigenvalue weighted by Gasteiger charge is -2.24. The lowest BCUT2D eigenvalue weighted by Crippen LogP contribution is -2.35. The first-order chi connectivity index (χ1) is 15.6. The van der Waals surface area contributed by atoms with Gasteiger partial charge in [-0.2, -0.15) is 0 Å². The molecule has 1 aromatic heterocycles. The van der Waals surface area contributed by atoms with E-state index in [0.29, 0.717) is 28.9 Å². The van der Waals surface area contributed by atoms with Gasteiger partial charge in [0.25, 0.3) is 0 Å². The maximum Gasteiger partial charge on any atom is 0.408 e. The first kappa shape index (κ1) is 24.0. The summed E-state index contributed by atoms with van der Waals surface area (Å²) in [5.74, 6) is -1.08.